The number of benzene rings is 10. The molecule has 2 nitrogen and oxygen atoms in total. The molecule has 0 aliphatic rings. The molecule has 72 heavy (non-hydrogen) atoms. The van der Waals surface area contributed by atoms with Gasteiger partial charge in [-0.3, -0.25) is 0 Å². The van der Waals surface area contributed by atoms with Crippen molar-refractivity contribution in [3.8, 4) is 75.1 Å². The molecule has 6 heterocycles. The van der Waals surface area contributed by atoms with E-state index in [0.717, 1.165) is 0 Å². The van der Waals surface area contributed by atoms with Crippen LogP contribution in [0.25, 0.3) is 151 Å². The molecule has 4 heteroatoms. The van der Waals surface area contributed by atoms with Gasteiger partial charge < -0.3 is 8.80 Å². The number of nitrogens with zero attached hydrogens (tertiary/aromatic N) is 2. The summed E-state index contributed by atoms with van der Waals surface area (Å²) in [4.78, 5) is 5.14. The van der Waals surface area contributed by atoms with Gasteiger partial charge >= 0.3 is 0 Å². The first kappa shape index (κ1) is 40.0. The van der Waals surface area contributed by atoms with Crippen LogP contribution in [0.3, 0.4) is 0 Å². The third-order valence-corrected chi connectivity index (χ3v) is 17.7. The Labute approximate surface area is 422 Å². The van der Waals surface area contributed by atoms with Crippen molar-refractivity contribution < 1.29 is 0 Å². The van der Waals surface area contributed by atoms with Crippen LogP contribution in [0.1, 0.15) is 0 Å². The lowest BCUT2D eigenvalue weighted by Crippen LogP contribution is -1.82. The first-order valence-corrected chi connectivity index (χ1v) is 26.3. The smallest absolute Gasteiger partial charge is 0.0620 e. The van der Waals surface area contributed by atoms with Crippen molar-refractivity contribution >= 4 is 98.9 Å². The highest BCUT2D eigenvalue weighted by molar-refractivity contribution is 7.25. The van der Waals surface area contributed by atoms with Gasteiger partial charge in [-0.25, -0.2) is 0 Å². The Balaban J connectivity index is 0.691. The Bertz CT molecular complexity index is 4450. The normalized spacial score (nSPS) is 12.2. The third-order valence-electron chi connectivity index (χ3n) is 15.3. The lowest BCUT2D eigenvalue weighted by atomic mass is 9.97. The van der Waals surface area contributed by atoms with Gasteiger partial charge in [0.1, 0.15) is 0 Å². The Morgan fingerprint density at radius 2 is 0.514 bits per heavy atom. The molecule has 0 saturated carbocycles. The maximum Gasteiger partial charge on any atom is 0.0620 e. The van der Waals surface area contributed by atoms with Gasteiger partial charge in [0.15, 0.2) is 0 Å². The summed E-state index contributed by atoms with van der Waals surface area (Å²) >= 11 is 3.74. The maximum absolute atomic E-state index is 2.48. The summed E-state index contributed by atoms with van der Waals surface area (Å²) in [6.07, 6.45) is 0. The van der Waals surface area contributed by atoms with Crippen molar-refractivity contribution in [1.29, 1.82) is 0 Å². The highest BCUT2D eigenvalue weighted by Gasteiger charge is 2.22. The first-order chi connectivity index (χ1) is 35.7. The highest BCUT2D eigenvalue weighted by atomic mass is 32.1. The molecule has 0 spiro atoms. The largest absolute Gasteiger partial charge is 0.308 e. The summed E-state index contributed by atoms with van der Waals surface area (Å²) in [5, 5.41) is 10.4. The lowest BCUT2D eigenvalue weighted by molar-refractivity contribution is 1.37. The van der Waals surface area contributed by atoms with Gasteiger partial charge in [0.25, 0.3) is 0 Å². The zero-order valence-electron chi connectivity index (χ0n) is 38.8. The molecule has 0 unspecified atom stereocenters. The van der Waals surface area contributed by atoms with Crippen LogP contribution in [0, 0.1) is 0 Å². The lowest BCUT2D eigenvalue weighted by Gasteiger charge is -2.06. The zero-order valence-corrected chi connectivity index (χ0v) is 40.4. The molecule has 0 aliphatic heterocycles. The van der Waals surface area contributed by atoms with Crippen LogP contribution < -0.4 is 0 Å². The van der Waals surface area contributed by atoms with Gasteiger partial charge in [-0.05, 0) is 128 Å². The van der Waals surface area contributed by atoms with E-state index in [1.54, 1.807) is 0 Å². The van der Waals surface area contributed by atoms with Crippen LogP contribution >= 0.6 is 22.7 Å². The molecule has 0 bridgehead atoms. The van der Waals surface area contributed by atoms with E-state index in [-0.39, 0.29) is 0 Å². The van der Waals surface area contributed by atoms with Crippen molar-refractivity contribution in [3.63, 3.8) is 0 Å². The van der Waals surface area contributed by atoms with Crippen molar-refractivity contribution in [2.45, 2.75) is 0 Å². The second-order valence-corrected chi connectivity index (χ2v) is 21.4. The van der Waals surface area contributed by atoms with Gasteiger partial charge in [-0.15, -0.1) is 22.7 Å². The van der Waals surface area contributed by atoms with Crippen molar-refractivity contribution in [2.24, 2.45) is 0 Å². The van der Waals surface area contributed by atoms with Crippen LogP contribution in [0.5, 0.6) is 0 Å². The molecule has 6 aromatic heterocycles. The molecule has 0 atom stereocenters. The van der Waals surface area contributed by atoms with Crippen LogP contribution in [0.2, 0.25) is 0 Å². The van der Waals surface area contributed by atoms with E-state index >= 15 is 0 Å². The van der Waals surface area contributed by atoms with E-state index in [9.17, 15) is 0 Å². The second-order valence-electron chi connectivity index (χ2n) is 19.2. The van der Waals surface area contributed by atoms with E-state index in [1.807, 2.05) is 22.7 Å². The average molecular weight is 949 g/mol. The fourth-order valence-corrected chi connectivity index (χ4v) is 14.0. The summed E-state index contributed by atoms with van der Waals surface area (Å²) in [7, 11) is 0. The molecule has 0 saturated heterocycles. The maximum atomic E-state index is 2.48. The van der Waals surface area contributed by atoms with Gasteiger partial charge in [0.2, 0.25) is 0 Å². The standard InChI is InChI=1S/C68H40N2S2/c1-3-11-41(12-4-1)47-27-29-53-57-37-49(35-55-51-15-7-9-17-59(51)69(67(55)57)61(53)39-47)43-19-23-45(24-20-43)63-31-33-65(71-63)66-34-32-64(72-66)46-25-21-44(22-26-46)50-36-56-52-16-8-10-18-60(52)70-62-40-48(42-13-5-2-6-14-42)28-30-54(62)58(38-50)68(56)70/h1-40H. The number of aromatic nitrogens is 2. The summed E-state index contributed by atoms with van der Waals surface area (Å²) in [5.74, 6) is 0. The van der Waals surface area contributed by atoms with Gasteiger partial charge in [0.05, 0.1) is 33.1 Å². The Kier molecular flexibility index (Phi) is 8.52. The molecule has 0 N–H and O–H groups in total. The third kappa shape index (κ3) is 5.94. The van der Waals surface area contributed by atoms with Gasteiger partial charge in [-0.2, -0.15) is 0 Å². The van der Waals surface area contributed by atoms with Crippen LogP contribution in [0.15, 0.2) is 243 Å². The molecule has 0 amide bonds. The highest BCUT2D eigenvalue weighted by Crippen LogP contribution is 2.46. The minimum atomic E-state index is 1.23. The van der Waals surface area contributed by atoms with E-state index < -0.39 is 0 Å². The predicted molar refractivity (Wildman–Crippen MR) is 310 cm³/mol. The molecule has 0 radical (unpaired) electrons. The Morgan fingerprint density at radius 1 is 0.194 bits per heavy atom. The summed E-state index contributed by atoms with van der Waals surface area (Å²) in [6.45, 7) is 0. The quantitative estimate of drug-likeness (QED) is 0.151. The fraction of sp³-hybridized carbons (Fsp3) is 0. The van der Waals surface area contributed by atoms with Crippen LogP contribution in [-0.2, 0) is 0 Å². The van der Waals surface area contributed by atoms with E-state index in [0.29, 0.717) is 0 Å². The molecule has 16 aromatic rings. The van der Waals surface area contributed by atoms with Gasteiger partial charge in [-0.1, -0.05) is 170 Å². The van der Waals surface area contributed by atoms with E-state index in [4.69, 9.17) is 0 Å². The molecule has 10 aromatic carbocycles. The predicted octanol–water partition coefficient (Wildman–Crippen LogP) is 19.8. The molecule has 334 valence electrons. The van der Waals surface area contributed by atoms with Crippen molar-refractivity contribution in [3.05, 3.63) is 243 Å². The van der Waals surface area contributed by atoms with Crippen molar-refractivity contribution in [2.75, 3.05) is 0 Å². The fourth-order valence-electron chi connectivity index (χ4n) is 11.9. The summed E-state index contributed by atoms with van der Waals surface area (Å²) in [6, 6.07) is 90.2. The average Bonchev–Trinajstić information content (AvgIpc) is 4.33. The number of thiophene rings is 2. The summed E-state index contributed by atoms with van der Waals surface area (Å²) < 4.78 is 4.96. The minimum Gasteiger partial charge on any atom is -0.308 e. The van der Waals surface area contributed by atoms with Gasteiger partial charge in [0, 0.05) is 62.6 Å². The molecule has 0 aliphatic carbocycles. The number of rotatable bonds is 7. The number of hydrogen-bond donors (Lipinski definition) is 0. The van der Waals surface area contributed by atoms with Crippen LogP contribution in [-0.4, -0.2) is 8.80 Å². The molecule has 0 fully saturated rings. The van der Waals surface area contributed by atoms with Crippen molar-refractivity contribution in [1.82, 2.24) is 8.80 Å². The Morgan fingerprint density at radius 3 is 0.931 bits per heavy atom. The van der Waals surface area contributed by atoms with E-state index in [1.165, 1.54) is 151 Å². The molecular weight excluding hydrogens is 909 g/mol. The number of hydrogen-bond acceptors (Lipinski definition) is 2. The SMILES string of the molecule is c1ccc(-c2ccc3c4cc(-c5ccc(-c6ccc(-c7ccc(-c8ccc(-c9cc%10c%11ccccc%11n%11c%12cc(-c%13ccccc%13)ccc%12c(c9)c%10%11)cc8)s7)s6)cc5)cc5c6ccccc6n(c3c2)c54)cc1. The minimum absolute atomic E-state index is 1.23. The summed E-state index contributed by atoms with van der Waals surface area (Å²) in [5.41, 5.74) is 20.0. The van der Waals surface area contributed by atoms with Crippen LogP contribution in [0.4, 0.5) is 0 Å². The topological polar surface area (TPSA) is 8.82 Å². The number of para-hydroxylation sites is 2. The van der Waals surface area contributed by atoms with E-state index in [2.05, 4.69) is 251 Å². The molecule has 16 rings (SSSR count). The Hall–Kier alpha value is -8.80. The second kappa shape index (κ2) is 15.3. The molecular formula is C68H40N2S2. The number of fused-ring (bicyclic) bond motifs is 12. The zero-order chi connectivity index (χ0) is 47.0. The monoisotopic (exact) mass is 948 g/mol. The first-order valence-electron chi connectivity index (χ1n) is 24.6.